The normalized spacial score (nSPS) is 28.5. The van der Waals surface area contributed by atoms with Crippen molar-refractivity contribution in [3.63, 3.8) is 0 Å². The van der Waals surface area contributed by atoms with Gasteiger partial charge in [-0.3, -0.25) is 0 Å². The molecule has 0 radical (unpaired) electrons. The Balaban J connectivity index is 1.95. The minimum absolute atomic E-state index is 0.130. The fraction of sp³-hybridized carbons (Fsp3) is 0.727. The lowest BCUT2D eigenvalue weighted by Gasteiger charge is -2.22. The molecule has 0 amide bonds. The zero-order valence-electron chi connectivity index (χ0n) is 8.54. The van der Waals surface area contributed by atoms with Crippen molar-refractivity contribution >= 4 is 5.97 Å². The van der Waals surface area contributed by atoms with Gasteiger partial charge in [-0.05, 0) is 32.6 Å². The van der Waals surface area contributed by atoms with Crippen molar-refractivity contribution in [2.75, 3.05) is 6.61 Å². The maximum atomic E-state index is 11.4. The highest BCUT2D eigenvalue weighted by Crippen LogP contribution is 2.47. The molecular weight excluding hydrogens is 180 g/mol. The van der Waals surface area contributed by atoms with Gasteiger partial charge in [0.25, 0.3) is 0 Å². The van der Waals surface area contributed by atoms with Crippen molar-refractivity contribution in [2.24, 2.45) is 0 Å². The first-order valence-electron chi connectivity index (χ1n) is 5.14. The Hall–Kier alpha value is -0.830. The Morgan fingerprint density at radius 2 is 2.29 bits per heavy atom. The van der Waals surface area contributed by atoms with Crippen LogP contribution in [0.5, 0.6) is 0 Å². The molecule has 0 aromatic carbocycles. The molecule has 2 aliphatic rings. The predicted octanol–water partition coefficient (Wildman–Crippen LogP) is 1.82. The van der Waals surface area contributed by atoms with Gasteiger partial charge in [0.05, 0.1) is 6.10 Å². The fourth-order valence-electron chi connectivity index (χ4n) is 1.88. The maximum Gasteiger partial charge on any atom is 0.333 e. The van der Waals surface area contributed by atoms with Gasteiger partial charge in [0.1, 0.15) is 5.60 Å². The second-order valence-electron chi connectivity index (χ2n) is 4.24. The molecule has 0 aromatic rings. The fourth-order valence-corrected chi connectivity index (χ4v) is 1.88. The van der Waals surface area contributed by atoms with Crippen LogP contribution in [-0.4, -0.2) is 24.3 Å². The molecule has 1 aliphatic carbocycles. The number of esters is 1. The Morgan fingerprint density at radius 1 is 1.57 bits per heavy atom. The molecule has 1 heterocycles. The molecule has 1 atom stereocenters. The molecule has 0 bridgehead atoms. The van der Waals surface area contributed by atoms with Crippen LogP contribution in [0.3, 0.4) is 0 Å². The molecule has 14 heavy (non-hydrogen) atoms. The highest BCUT2D eigenvalue weighted by Gasteiger charge is 2.54. The summed E-state index contributed by atoms with van der Waals surface area (Å²) in [6, 6.07) is 0. The first-order chi connectivity index (χ1) is 6.64. The van der Waals surface area contributed by atoms with Gasteiger partial charge in [0, 0.05) is 12.2 Å². The smallest absolute Gasteiger partial charge is 0.333 e. The standard InChI is InChI=1S/C11H16O3/c1-8(2)10(12)14-11(5-6-11)9-4-3-7-13-9/h9H,1,3-7H2,2H3. The molecule has 2 rings (SSSR count). The number of hydrogen-bond acceptors (Lipinski definition) is 3. The van der Waals surface area contributed by atoms with E-state index >= 15 is 0 Å². The Kier molecular flexibility index (Phi) is 2.35. The van der Waals surface area contributed by atoms with Crippen molar-refractivity contribution in [1.82, 2.24) is 0 Å². The van der Waals surface area contributed by atoms with E-state index in [0.29, 0.717) is 5.57 Å². The molecule has 78 valence electrons. The van der Waals surface area contributed by atoms with Crippen LogP contribution in [-0.2, 0) is 14.3 Å². The summed E-state index contributed by atoms with van der Waals surface area (Å²) in [4.78, 5) is 11.4. The van der Waals surface area contributed by atoms with Crippen LogP contribution in [0.15, 0.2) is 12.2 Å². The Labute approximate surface area is 84.1 Å². The first kappa shape index (κ1) is 9.71. The van der Waals surface area contributed by atoms with E-state index in [-0.39, 0.29) is 17.7 Å². The average molecular weight is 196 g/mol. The predicted molar refractivity (Wildman–Crippen MR) is 51.8 cm³/mol. The minimum atomic E-state index is -0.299. The second-order valence-corrected chi connectivity index (χ2v) is 4.24. The summed E-state index contributed by atoms with van der Waals surface area (Å²) in [6.45, 7) is 6.06. The van der Waals surface area contributed by atoms with Crippen LogP contribution >= 0.6 is 0 Å². The maximum absolute atomic E-state index is 11.4. The largest absolute Gasteiger partial charge is 0.453 e. The molecule has 3 heteroatoms. The van der Waals surface area contributed by atoms with Crippen LogP contribution in [0.1, 0.15) is 32.6 Å². The molecule has 1 unspecified atom stereocenters. The summed E-state index contributed by atoms with van der Waals surface area (Å²) in [7, 11) is 0. The molecule has 2 fully saturated rings. The lowest BCUT2D eigenvalue weighted by Crippen LogP contribution is -2.33. The molecule has 1 aliphatic heterocycles. The molecule has 1 saturated carbocycles. The van der Waals surface area contributed by atoms with Gasteiger partial charge in [-0.2, -0.15) is 0 Å². The molecule has 1 saturated heterocycles. The van der Waals surface area contributed by atoms with E-state index < -0.39 is 0 Å². The number of carbonyl (C=O) groups excluding carboxylic acids is 1. The molecule has 3 nitrogen and oxygen atoms in total. The van der Waals surface area contributed by atoms with Crippen LogP contribution < -0.4 is 0 Å². The lowest BCUT2D eigenvalue weighted by atomic mass is 10.1. The molecule has 0 aromatic heterocycles. The zero-order valence-corrected chi connectivity index (χ0v) is 8.54. The third-order valence-corrected chi connectivity index (χ3v) is 2.90. The van der Waals surface area contributed by atoms with Crippen molar-refractivity contribution in [1.29, 1.82) is 0 Å². The van der Waals surface area contributed by atoms with E-state index in [1.54, 1.807) is 6.92 Å². The van der Waals surface area contributed by atoms with E-state index in [0.717, 1.165) is 32.3 Å². The van der Waals surface area contributed by atoms with Crippen molar-refractivity contribution in [2.45, 2.75) is 44.3 Å². The topological polar surface area (TPSA) is 35.5 Å². The quantitative estimate of drug-likeness (QED) is 0.510. The van der Waals surface area contributed by atoms with Gasteiger partial charge in [-0.1, -0.05) is 6.58 Å². The minimum Gasteiger partial charge on any atom is -0.453 e. The Bertz CT molecular complexity index is 260. The third-order valence-electron chi connectivity index (χ3n) is 2.90. The average Bonchev–Trinajstić information content (AvgIpc) is 2.72. The van der Waals surface area contributed by atoms with Gasteiger partial charge in [-0.25, -0.2) is 4.79 Å². The van der Waals surface area contributed by atoms with Gasteiger partial charge in [0.2, 0.25) is 0 Å². The van der Waals surface area contributed by atoms with Gasteiger partial charge >= 0.3 is 5.97 Å². The summed E-state index contributed by atoms with van der Waals surface area (Å²) >= 11 is 0. The van der Waals surface area contributed by atoms with Crippen molar-refractivity contribution < 1.29 is 14.3 Å². The summed E-state index contributed by atoms with van der Waals surface area (Å²) in [5, 5.41) is 0. The van der Waals surface area contributed by atoms with Crippen molar-refractivity contribution in [3.05, 3.63) is 12.2 Å². The summed E-state index contributed by atoms with van der Waals surface area (Å²) in [6.07, 6.45) is 4.11. The summed E-state index contributed by atoms with van der Waals surface area (Å²) in [5.41, 5.74) is 0.168. The number of rotatable bonds is 3. The number of carbonyl (C=O) groups is 1. The summed E-state index contributed by atoms with van der Waals surface area (Å²) in [5.74, 6) is -0.280. The molecule has 0 N–H and O–H groups in total. The monoisotopic (exact) mass is 196 g/mol. The van der Waals surface area contributed by atoms with Crippen LogP contribution in [0, 0.1) is 0 Å². The highest BCUT2D eigenvalue weighted by molar-refractivity contribution is 5.87. The SMILES string of the molecule is C=C(C)C(=O)OC1(C2CCCO2)CC1. The number of ether oxygens (including phenoxy) is 2. The summed E-state index contributed by atoms with van der Waals surface area (Å²) < 4.78 is 11.0. The van der Waals surface area contributed by atoms with E-state index in [9.17, 15) is 4.79 Å². The lowest BCUT2D eigenvalue weighted by molar-refractivity contribution is -0.154. The number of hydrogen-bond donors (Lipinski definition) is 0. The van der Waals surface area contributed by atoms with Gasteiger partial charge < -0.3 is 9.47 Å². The molecular formula is C11H16O3. The van der Waals surface area contributed by atoms with Crippen LogP contribution in [0.2, 0.25) is 0 Å². The van der Waals surface area contributed by atoms with Crippen molar-refractivity contribution in [3.8, 4) is 0 Å². The van der Waals surface area contributed by atoms with Crippen LogP contribution in [0.25, 0.3) is 0 Å². The molecule has 0 spiro atoms. The van der Waals surface area contributed by atoms with E-state index in [1.807, 2.05) is 0 Å². The van der Waals surface area contributed by atoms with E-state index in [2.05, 4.69) is 6.58 Å². The third kappa shape index (κ3) is 1.69. The first-order valence-corrected chi connectivity index (χ1v) is 5.14. The van der Waals surface area contributed by atoms with Gasteiger partial charge in [-0.15, -0.1) is 0 Å². The van der Waals surface area contributed by atoms with Gasteiger partial charge in [0.15, 0.2) is 0 Å². The van der Waals surface area contributed by atoms with E-state index in [1.165, 1.54) is 0 Å². The van der Waals surface area contributed by atoms with Crippen LogP contribution in [0.4, 0.5) is 0 Å². The zero-order chi connectivity index (χ0) is 10.2. The second kappa shape index (κ2) is 3.39. The highest BCUT2D eigenvalue weighted by atomic mass is 16.6. The Morgan fingerprint density at radius 3 is 2.71 bits per heavy atom. The van der Waals surface area contributed by atoms with E-state index in [4.69, 9.17) is 9.47 Å².